The van der Waals surface area contributed by atoms with Gasteiger partial charge in [0, 0.05) is 13.1 Å². The Balaban J connectivity index is 3.22. The van der Waals surface area contributed by atoms with Crippen molar-refractivity contribution in [2.24, 2.45) is 0 Å². The number of nitrogens with zero attached hydrogens (tertiary/aromatic N) is 3. The third-order valence-corrected chi connectivity index (χ3v) is 2.46. The van der Waals surface area contributed by atoms with E-state index in [4.69, 9.17) is 0 Å². The fourth-order valence-electron chi connectivity index (χ4n) is 1.33. The molecular weight excluding hydrogens is 222 g/mol. The van der Waals surface area contributed by atoms with Crippen LogP contribution in [0, 0.1) is 17.0 Å². The van der Waals surface area contributed by atoms with Crippen LogP contribution in [0.4, 0.5) is 17.5 Å². The molecular formula is C10H17N5O2. The van der Waals surface area contributed by atoms with E-state index in [2.05, 4.69) is 20.6 Å². The van der Waals surface area contributed by atoms with Gasteiger partial charge in [-0.05, 0) is 20.3 Å². The SMILES string of the molecule is CCC(C)Nc1nc(NC)nc(C)c1[N+](=O)[O-]. The largest absolute Gasteiger partial charge is 0.362 e. The Kier molecular flexibility index (Phi) is 4.19. The molecule has 7 nitrogen and oxygen atoms in total. The minimum absolute atomic E-state index is 0.0655. The van der Waals surface area contributed by atoms with E-state index in [1.54, 1.807) is 14.0 Å². The van der Waals surface area contributed by atoms with Crippen LogP contribution in [0.15, 0.2) is 0 Å². The van der Waals surface area contributed by atoms with Gasteiger partial charge in [0.2, 0.25) is 11.8 Å². The second-order valence-electron chi connectivity index (χ2n) is 3.79. The van der Waals surface area contributed by atoms with Crippen molar-refractivity contribution in [1.82, 2.24) is 9.97 Å². The molecule has 1 rings (SSSR count). The number of anilines is 2. The average Bonchev–Trinajstić information content (AvgIpc) is 2.27. The van der Waals surface area contributed by atoms with Crippen LogP contribution in [0.1, 0.15) is 26.0 Å². The lowest BCUT2D eigenvalue weighted by molar-refractivity contribution is -0.385. The van der Waals surface area contributed by atoms with E-state index < -0.39 is 4.92 Å². The topological polar surface area (TPSA) is 93.0 Å². The summed E-state index contributed by atoms with van der Waals surface area (Å²) in [6.07, 6.45) is 0.856. The molecule has 0 aliphatic heterocycles. The standard InChI is InChI=1S/C10H17N5O2/c1-5-6(2)12-9-8(15(16)17)7(3)13-10(11-4)14-9/h6H,5H2,1-4H3,(H2,11,12,13,14). The lowest BCUT2D eigenvalue weighted by Gasteiger charge is -2.13. The summed E-state index contributed by atoms with van der Waals surface area (Å²) in [5.74, 6) is 0.639. The predicted molar refractivity (Wildman–Crippen MR) is 66.3 cm³/mol. The zero-order valence-corrected chi connectivity index (χ0v) is 10.4. The third-order valence-electron chi connectivity index (χ3n) is 2.46. The molecule has 0 amide bonds. The predicted octanol–water partition coefficient (Wildman–Crippen LogP) is 1.95. The quantitative estimate of drug-likeness (QED) is 0.602. The first-order valence-electron chi connectivity index (χ1n) is 5.46. The fraction of sp³-hybridized carbons (Fsp3) is 0.600. The molecule has 1 aromatic heterocycles. The molecule has 1 aromatic rings. The number of aryl methyl sites for hydroxylation is 1. The van der Waals surface area contributed by atoms with Gasteiger partial charge >= 0.3 is 5.69 Å². The zero-order chi connectivity index (χ0) is 13.0. The first-order valence-corrected chi connectivity index (χ1v) is 5.46. The number of hydrogen-bond donors (Lipinski definition) is 2. The first-order chi connectivity index (χ1) is 7.99. The summed E-state index contributed by atoms with van der Waals surface area (Å²) in [6, 6.07) is 0.118. The summed E-state index contributed by atoms with van der Waals surface area (Å²) >= 11 is 0. The van der Waals surface area contributed by atoms with Gasteiger partial charge in [0.15, 0.2) is 0 Å². The van der Waals surface area contributed by atoms with Gasteiger partial charge in [-0.25, -0.2) is 4.98 Å². The van der Waals surface area contributed by atoms with Crippen molar-refractivity contribution in [3.8, 4) is 0 Å². The van der Waals surface area contributed by atoms with Gasteiger partial charge in [-0.15, -0.1) is 0 Å². The molecule has 2 N–H and O–H groups in total. The van der Waals surface area contributed by atoms with Gasteiger partial charge in [-0.1, -0.05) is 6.92 Å². The molecule has 7 heteroatoms. The molecule has 0 fully saturated rings. The summed E-state index contributed by atoms with van der Waals surface area (Å²) in [5.41, 5.74) is 0.282. The molecule has 0 radical (unpaired) electrons. The van der Waals surface area contributed by atoms with E-state index in [0.29, 0.717) is 11.6 Å². The van der Waals surface area contributed by atoms with E-state index in [1.807, 2.05) is 13.8 Å². The van der Waals surface area contributed by atoms with Crippen LogP contribution < -0.4 is 10.6 Å². The van der Waals surface area contributed by atoms with Crippen LogP contribution in [-0.2, 0) is 0 Å². The van der Waals surface area contributed by atoms with E-state index in [-0.39, 0.29) is 17.5 Å². The highest BCUT2D eigenvalue weighted by molar-refractivity contribution is 5.61. The van der Waals surface area contributed by atoms with Crippen molar-refractivity contribution in [3.63, 3.8) is 0 Å². The molecule has 0 spiro atoms. The number of rotatable bonds is 5. The maximum Gasteiger partial charge on any atom is 0.332 e. The summed E-state index contributed by atoms with van der Waals surface area (Å²) in [5, 5.41) is 16.8. The average molecular weight is 239 g/mol. The van der Waals surface area contributed by atoms with E-state index in [1.165, 1.54) is 0 Å². The summed E-state index contributed by atoms with van der Waals surface area (Å²) in [4.78, 5) is 18.6. The summed E-state index contributed by atoms with van der Waals surface area (Å²) < 4.78 is 0. The van der Waals surface area contributed by atoms with Crippen LogP contribution in [0.25, 0.3) is 0 Å². The summed E-state index contributed by atoms with van der Waals surface area (Å²) in [6.45, 7) is 5.54. The third kappa shape index (κ3) is 3.02. The maximum atomic E-state index is 11.0. The van der Waals surface area contributed by atoms with Crippen molar-refractivity contribution < 1.29 is 4.92 Å². The molecule has 0 saturated carbocycles. The van der Waals surface area contributed by atoms with Gasteiger partial charge in [0.25, 0.3) is 0 Å². The Morgan fingerprint density at radius 2 is 2.12 bits per heavy atom. The molecule has 0 saturated heterocycles. The maximum absolute atomic E-state index is 11.0. The molecule has 0 bridgehead atoms. The van der Waals surface area contributed by atoms with Crippen LogP contribution in [-0.4, -0.2) is 28.0 Å². The van der Waals surface area contributed by atoms with E-state index >= 15 is 0 Å². The van der Waals surface area contributed by atoms with Gasteiger partial charge < -0.3 is 10.6 Å². The minimum Gasteiger partial charge on any atom is -0.362 e. The Labute approximate surface area is 99.8 Å². The Morgan fingerprint density at radius 1 is 1.47 bits per heavy atom. The van der Waals surface area contributed by atoms with Crippen LogP contribution >= 0.6 is 0 Å². The fourth-order valence-corrected chi connectivity index (χ4v) is 1.33. The van der Waals surface area contributed by atoms with Gasteiger partial charge in [-0.3, -0.25) is 10.1 Å². The number of aromatic nitrogens is 2. The van der Waals surface area contributed by atoms with Crippen LogP contribution in [0.3, 0.4) is 0 Å². The molecule has 0 aliphatic rings. The Morgan fingerprint density at radius 3 is 2.59 bits per heavy atom. The molecule has 1 heterocycles. The molecule has 1 atom stereocenters. The second kappa shape index (κ2) is 5.42. The minimum atomic E-state index is -0.459. The van der Waals surface area contributed by atoms with Crippen molar-refractivity contribution in [2.45, 2.75) is 33.2 Å². The Hall–Kier alpha value is -1.92. The van der Waals surface area contributed by atoms with Crippen molar-refractivity contribution in [2.75, 3.05) is 17.7 Å². The Bertz CT molecular complexity index is 421. The van der Waals surface area contributed by atoms with Gasteiger partial charge in [0.1, 0.15) is 5.69 Å². The highest BCUT2D eigenvalue weighted by Crippen LogP contribution is 2.27. The van der Waals surface area contributed by atoms with Crippen LogP contribution in [0.2, 0.25) is 0 Å². The van der Waals surface area contributed by atoms with E-state index in [9.17, 15) is 10.1 Å². The zero-order valence-electron chi connectivity index (χ0n) is 10.4. The van der Waals surface area contributed by atoms with Crippen LogP contribution in [0.5, 0.6) is 0 Å². The first kappa shape index (κ1) is 13.1. The molecule has 17 heavy (non-hydrogen) atoms. The monoisotopic (exact) mass is 239 g/mol. The number of hydrogen-bond acceptors (Lipinski definition) is 6. The van der Waals surface area contributed by atoms with Crippen molar-refractivity contribution in [1.29, 1.82) is 0 Å². The molecule has 1 unspecified atom stereocenters. The highest BCUT2D eigenvalue weighted by Gasteiger charge is 2.22. The summed E-state index contributed by atoms with van der Waals surface area (Å²) in [7, 11) is 1.67. The van der Waals surface area contributed by atoms with Crippen molar-refractivity contribution >= 4 is 17.5 Å². The molecule has 0 aromatic carbocycles. The molecule has 94 valence electrons. The lowest BCUT2D eigenvalue weighted by atomic mass is 10.2. The number of nitrogens with one attached hydrogen (secondary N) is 2. The highest BCUT2D eigenvalue weighted by atomic mass is 16.6. The van der Waals surface area contributed by atoms with Gasteiger partial charge in [-0.2, -0.15) is 4.98 Å². The molecule has 0 aliphatic carbocycles. The lowest BCUT2D eigenvalue weighted by Crippen LogP contribution is -2.17. The smallest absolute Gasteiger partial charge is 0.332 e. The normalized spacial score (nSPS) is 12.0. The number of nitro groups is 1. The second-order valence-corrected chi connectivity index (χ2v) is 3.79. The van der Waals surface area contributed by atoms with E-state index in [0.717, 1.165) is 6.42 Å². The van der Waals surface area contributed by atoms with Crippen molar-refractivity contribution in [3.05, 3.63) is 15.8 Å². The van der Waals surface area contributed by atoms with Gasteiger partial charge in [0.05, 0.1) is 4.92 Å².